The fourth-order valence-corrected chi connectivity index (χ4v) is 3.44. The standard InChI is InChI=1S/C20H19FN6O4S/c1-12-9-13(3-5-16(12)31-8-7-22)25-19-15(21)11-24-20(27-19)26-14-4-6-18(32(23,28)29)17(10-14)30-2/h3-6,9-11H,8H2,1-2H3,(H2,23,28,29)(H2,24,25,26,27). The highest BCUT2D eigenvalue weighted by atomic mass is 32.2. The number of nitrogens with one attached hydrogen (secondary N) is 2. The van der Waals surface area contributed by atoms with Crippen LogP contribution in [0.25, 0.3) is 0 Å². The van der Waals surface area contributed by atoms with Crippen molar-refractivity contribution in [3.8, 4) is 17.6 Å². The highest BCUT2D eigenvalue weighted by molar-refractivity contribution is 7.89. The summed E-state index contributed by atoms with van der Waals surface area (Å²) in [6.45, 7) is 1.71. The number of nitrogens with two attached hydrogens (primary N) is 1. The van der Waals surface area contributed by atoms with E-state index in [-0.39, 0.29) is 29.0 Å². The van der Waals surface area contributed by atoms with E-state index in [1.54, 1.807) is 25.1 Å². The molecule has 0 saturated carbocycles. The van der Waals surface area contributed by atoms with Crippen molar-refractivity contribution in [2.45, 2.75) is 11.8 Å². The first kappa shape index (κ1) is 22.7. The zero-order valence-corrected chi connectivity index (χ0v) is 17.9. The van der Waals surface area contributed by atoms with Crippen LogP contribution in [0.2, 0.25) is 0 Å². The van der Waals surface area contributed by atoms with Crippen molar-refractivity contribution in [2.24, 2.45) is 5.14 Å². The van der Waals surface area contributed by atoms with Gasteiger partial charge in [-0.25, -0.2) is 22.9 Å². The van der Waals surface area contributed by atoms with E-state index >= 15 is 0 Å². The predicted octanol–water partition coefficient (Wildman–Crippen LogP) is 2.97. The smallest absolute Gasteiger partial charge is 0.241 e. The summed E-state index contributed by atoms with van der Waals surface area (Å²) in [6, 6.07) is 11.1. The Morgan fingerprint density at radius 1 is 1.16 bits per heavy atom. The van der Waals surface area contributed by atoms with Gasteiger partial charge in [0.1, 0.15) is 22.5 Å². The Bertz CT molecular complexity index is 1290. The number of anilines is 4. The summed E-state index contributed by atoms with van der Waals surface area (Å²) in [5, 5.41) is 19.5. The zero-order valence-electron chi connectivity index (χ0n) is 17.1. The van der Waals surface area contributed by atoms with Gasteiger partial charge in [-0.1, -0.05) is 0 Å². The molecule has 166 valence electrons. The number of aromatic nitrogens is 2. The van der Waals surface area contributed by atoms with Crippen LogP contribution in [0.3, 0.4) is 0 Å². The summed E-state index contributed by atoms with van der Waals surface area (Å²) >= 11 is 0. The minimum Gasteiger partial charge on any atom is -0.495 e. The van der Waals surface area contributed by atoms with E-state index < -0.39 is 15.8 Å². The lowest BCUT2D eigenvalue weighted by molar-refractivity contribution is 0.365. The van der Waals surface area contributed by atoms with Gasteiger partial charge >= 0.3 is 0 Å². The summed E-state index contributed by atoms with van der Waals surface area (Å²) in [6.07, 6.45) is 0.991. The number of nitrogens with zero attached hydrogens (tertiary/aromatic N) is 3. The second-order valence-corrected chi connectivity index (χ2v) is 8.01. The summed E-state index contributed by atoms with van der Waals surface area (Å²) in [5.41, 5.74) is 1.70. The Morgan fingerprint density at radius 3 is 2.53 bits per heavy atom. The molecule has 0 aliphatic rings. The molecule has 0 aliphatic heterocycles. The normalized spacial score (nSPS) is 10.8. The highest BCUT2D eigenvalue weighted by Gasteiger charge is 2.16. The molecule has 0 unspecified atom stereocenters. The van der Waals surface area contributed by atoms with Gasteiger partial charge in [0, 0.05) is 17.4 Å². The highest BCUT2D eigenvalue weighted by Crippen LogP contribution is 2.29. The molecule has 10 nitrogen and oxygen atoms in total. The van der Waals surface area contributed by atoms with E-state index in [4.69, 9.17) is 19.9 Å². The fraction of sp³-hybridized carbons (Fsp3) is 0.150. The second kappa shape index (κ2) is 9.46. The van der Waals surface area contributed by atoms with Gasteiger partial charge in [-0.15, -0.1) is 0 Å². The molecule has 0 aliphatic carbocycles. The number of nitriles is 1. The molecule has 2 aromatic carbocycles. The number of halogens is 1. The lowest BCUT2D eigenvalue weighted by atomic mass is 10.2. The third-order valence-corrected chi connectivity index (χ3v) is 5.15. The number of primary sulfonamides is 1. The van der Waals surface area contributed by atoms with Crippen molar-refractivity contribution in [3.05, 3.63) is 54.0 Å². The maximum atomic E-state index is 14.3. The Balaban J connectivity index is 1.82. The Kier molecular flexibility index (Phi) is 6.72. The van der Waals surface area contributed by atoms with Gasteiger partial charge in [-0.3, -0.25) is 0 Å². The van der Waals surface area contributed by atoms with Crippen LogP contribution in [-0.4, -0.2) is 32.1 Å². The monoisotopic (exact) mass is 458 g/mol. The minimum atomic E-state index is -3.96. The summed E-state index contributed by atoms with van der Waals surface area (Å²) in [5.74, 6) is -0.127. The van der Waals surface area contributed by atoms with Crippen LogP contribution in [0.4, 0.5) is 27.5 Å². The van der Waals surface area contributed by atoms with E-state index in [0.717, 1.165) is 11.8 Å². The van der Waals surface area contributed by atoms with Crippen LogP contribution in [0.15, 0.2) is 47.5 Å². The number of methoxy groups -OCH3 is 1. The fourth-order valence-electron chi connectivity index (χ4n) is 2.76. The van der Waals surface area contributed by atoms with Crippen LogP contribution >= 0.6 is 0 Å². The Labute approximate surface area is 183 Å². The molecule has 0 atom stereocenters. The molecule has 12 heteroatoms. The Morgan fingerprint density at radius 2 is 1.88 bits per heavy atom. The molecule has 3 rings (SSSR count). The van der Waals surface area contributed by atoms with Crippen molar-refractivity contribution >= 4 is 33.2 Å². The molecule has 3 aromatic rings. The van der Waals surface area contributed by atoms with Crippen LogP contribution in [0.5, 0.6) is 11.5 Å². The van der Waals surface area contributed by atoms with Gasteiger partial charge in [-0.2, -0.15) is 10.2 Å². The average Bonchev–Trinajstić information content (AvgIpc) is 2.74. The number of rotatable bonds is 8. The number of ether oxygens (including phenoxy) is 2. The van der Waals surface area contributed by atoms with Crippen LogP contribution in [0, 0.1) is 24.1 Å². The molecule has 0 radical (unpaired) electrons. The quantitative estimate of drug-likeness (QED) is 0.462. The van der Waals surface area contributed by atoms with Gasteiger partial charge in [0.25, 0.3) is 0 Å². The molecule has 0 spiro atoms. The van der Waals surface area contributed by atoms with E-state index in [9.17, 15) is 12.8 Å². The average molecular weight is 458 g/mol. The first-order chi connectivity index (χ1) is 15.2. The maximum Gasteiger partial charge on any atom is 0.241 e. The van der Waals surface area contributed by atoms with Crippen LogP contribution in [0.1, 0.15) is 5.56 Å². The number of aryl methyl sites for hydroxylation is 1. The number of hydrogen-bond acceptors (Lipinski definition) is 9. The van der Waals surface area contributed by atoms with Crippen LogP contribution in [-0.2, 0) is 10.0 Å². The van der Waals surface area contributed by atoms with Crippen molar-refractivity contribution in [1.82, 2.24) is 9.97 Å². The summed E-state index contributed by atoms with van der Waals surface area (Å²) < 4.78 is 47.9. The Hall–Kier alpha value is -3.95. The molecular weight excluding hydrogens is 439 g/mol. The third-order valence-electron chi connectivity index (χ3n) is 4.20. The summed E-state index contributed by atoms with van der Waals surface area (Å²) in [4.78, 5) is 7.85. The lowest BCUT2D eigenvalue weighted by Gasteiger charge is -2.13. The second-order valence-electron chi connectivity index (χ2n) is 6.48. The van der Waals surface area contributed by atoms with Gasteiger partial charge in [0.05, 0.1) is 13.3 Å². The topological polar surface area (TPSA) is 152 Å². The molecular formula is C20H19FN6O4S. The molecule has 0 fully saturated rings. The van der Waals surface area contributed by atoms with Gasteiger partial charge < -0.3 is 20.1 Å². The third kappa shape index (κ3) is 5.39. The number of hydrogen-bond donors (Lipinski definition) is 3. The van der Waals surface area contributed by atoms with E-state index in [2.05, 4.69) is 20.6 Å². The molecule has 1 heterocycles. The van der Waals surface area contributed by atoms with Crippen molar-refractivity contribution in [2.75, 3.05) is 24.4 Å². The minimum absolute atomic E-state index is 0.0344. The first-order valence-corrected chi connectivity index (χ1v) is 10.6. The van der Waals surface area contributed by atoms with Gasteiger partial charge in [-0.05, 0) is 42.8 Å². The maximum absolute atomic E-state index is 14.3. The van der Waals surface area contributed by atoms with E-state index in [0.29, 0.717) is 17.1 Å². The number of benzene rings is 2. The molecule has 0 bridgehead atoms. The largest absolute Gasteiger partial charge is 0.495 e. The van der Waals surface area contributed by atoms with E-state index in [1.807, 2.05) is 6.07 Å². The lowest BCUT2D eigenvalue weighted by Crippen LogP contribution is -2.13. The SMILES string of the molecule is COc1cc(Nc2ncc(F)c(Nc3ccc(OCC#N)c(C)c3)n2)ccc1S(N)(=O)=O. The molecule has 4 N–H and O–H groups in total. The number of sulfonamides is 1. The molecule has 32 heavy (non-hydrogen) atoms. The first-order valence-electron chi connectivity index (χ1n) is 9.09. The molecule has 0 saturated heterocycles. The van der Waals surface area contributed by atoms with Crippen molar-refractivity contribution in [3.63, 3.8) is 0 Å². The zero-order chi connectivity index (χ0) is 23.3. The van der Waals surface area contributed by atoms with Crippen LogP contribution < -0.4 is 25.2 Å². The predicted molar refractivity (Wildman–Crippen MR) is 115 cm³/mol. The molecule has 0 amide bonds. The van der Waals surface area contributed by atoms with Crippen molar-refractivity contribution in [1.29, 1.82) is 5.26 Å². The van der Waals surface area contributed by atoms with Gasteiger partial charge in [0.15, 0.2) is 18.2 Å². The molecule has 1 aromatic heterocycles. The van der Waals surface area contributed by atoms with E-state index in [1.165, 1.54) is 25.3 Å². The van der Waals surface area contributed by atoms with Crippen molar-refractivity contribution < 1.29 is 22.3 Å². The van der Waals surface area contributed by atoms with Gasteiger partial charge in [0.2, 0.25) is 16.0 Å². The summed E-state index contributed by atoms with van der Waals surface area (Å²) in [7, 11) is -2.65.